The number of carbonyl (C=O) groups is 2. The zero-order valence-corrected chi connectivity index (χ0v) is 13.3. The highest BCUT2D eigenvalue weighted by molar-refractivity contribution is 5.83. The number of alkyl halides is 3. The van der Waals surface area contributed by atoms with Gasteiger partial charge in [0.1, 0.15) is 11.7 Å². The Bertz CT molecular complexity index is 664. The first-order chi connectivity index (χ1) is 11.5. The summed E-state index contributed by atoms with van der Waals surface area (Å²) < 4.78 is 58.6. The number of nitrogens with zero attached hydrogens (tertiary/aromatic N) is 1. The third kappa shape index (κ3) is 3.13. The fourth-order valence-electron chi connectivity index (χ4n) is 2.75. The van der Waals surface area contributed by atoms with E-state index in [1.165, 1.54) is 6.92 Å². The summed E-state index contributed by atoms with van der Waals surface area (Å²) >= 11 is 0. The summed E-state index contributed by atoms with van der Waals surface area (Å²) in [6.45, 7) is 1.17. The Morgan fingerprint density at radius 1 is 1.36 bits per heavy atom. The average Bonchev–Trinajstić information content (AvgIpc) is 2.52. The molecule has 25 heavy (non-hydrogen) atoms. The van der Waals surface area contributed by atoms with E-state index in [1.54, 1.807) is 0 Å². The molecule has 10 heteroatoms. The molecule has 0 radical (unpaired) electrons. The van der Waals surface area contributed by atoms with E-state index in [9.17, 15) is 32.3 Å². The molecule has 2 N–H and O–H groups in total. The minimum atomic E-state index is -5.34. The second-order valence-electron chi connectivity index (χ2n) is 5.49. The van der Waals surface area contributed by atoms with Crippen LogP contribution in [0, 0.1) is 11.7 Å². The van der Waals surface area contributed by atoms with Crippen LogP contribution in [0.2, 0.25) is 0 Å². The molecular weight excluding hydrogens is 348 g/mol. The van der Waals surface area contributed by atoms with E-state index < -0.39 is 41.7 Å². The van der Waals surface area contributed by atoms with E-state index in [4.69, 9.17) is 0 Å². The van der Waals surface area contributed by atoms with Crippen LogP contribution in [0.4, 0.5) is 22.4 Å². The van der Waals surface area contributed by atoms with Crippen molar-refractivity contribution in [2.24, 2.45) is 5.92 Å². The van der Waals surface area contributed by atoms with Crippen LogP contribution in [0.25, 0.3) is 0 Å². The van der Waals surface area contributed by atoms with Crippen molar-refractivity contribution in [2.45, 2.75) is 24.9 Å². The lowest BCUT2D eigenvalue weighted by Crippen LogP contribution is -2.73. The fourth-order valence-corrected chi connectivity index (χ4v) is 2.75. The summed E-state index contributed by atoms with van der Waals surface area (Å²) in [5.41, 5.74) is -3.77. The Morgan fingerprint density at radius 3 is 2.40 bits per heavy atom. The number of amides is 2. The zero-order chi connectivity index (χ0) is 19.0. The minimum absolute atomic E-state index is 0.00854. The second-order valence-corrected chi connectivity index (χ2v) is 5.49. The van der Waals surface area contributed by atoms with Gasteiger partial charge in [0.2, 0.25) is 0 Å². The van der Waals surface area contributed by atoms with Crippen LogP contribution in [0.15, 0.2) is 24.3 Å². The van der Waals surface area contributed by atoms with E-state index in [1.807, 2.05) is 0 Å². The predicted octanol–water partition coefficient (Wildman–Crippen LogP) is 1.95. The number of urea groups is 1. The van der Waals surface area contributed by atoms with Crippen molar-refractivity contribution in [1.82, 2.24) is 10.2 Å². The molecule has 0 aliphatic carbocycles. The molecule has 2 amide bonds. The van der Waals surface area contributed by atoms with Crippen LogP contribution in [0.5, 0.6) is 0 Å². The van der Waals surface area contributed by atoms with Crippen molar-refractivity contribution in [2.75, 3.05) is 13.7 Å². The highest BCUT2D eigenvalue weighted by Gasteiger charge is 2.69. The van der Waals surface area contributed by atoms with Crippen LogP contribution in [-0.2, 0) is 9.53 Å². The molecule has 0 unspecified atom stereocenters. The maximum absolute atomic E-state index is 13.6. The van der Waals surface area contributed by atoms with E-state index in [0.29, 0.717) is 0 Å². The molecule has 1 aromatic carbocycles. The Morgan fingerprint density at radius 2 is 1.92 bits per heavy atom. The Kier molecular flexibility index (Phi) is 4.94. The van der Waals surface area contributed by atoms with Crippen molar-refractivity contribution < 1.29 is 37.0 Å². The van der Waals surface area contributed by atoms with Gasteiger partial charge in [-0.15, -0.1) is 0 Å². The maximum atomic E-state index is 13.6. The van der Waals surface area contributed by atoms with Crippen molar-refractivity contribution >= 4 is 12.0 Å². The summed E-state index contributed by atoms with van der Waals surface area (Å²) in [4.78, 5) is 24.2. The molecule has 2 rings (SSSR count). The summed E-state index contributed by atoms with van der Waals surface area (Å²) in [6, 6.07) is 1.37. The standard InChI is InChI=1S/C15H16F4N2O4/c1-3-25-12(22)10-11(8-4-6-9(16)7-5-8)20-13(23)21(2)14(10,24)15(17,18)19/h4-7,10-11,24H,3H2,1-2H3,(H,20,23)/t10-,11-,14-/m1/s1. The molecule has 1 saturated heterocycles. The predicted molar refractivity (Wildman–Crippen MR) is 76.6 cm³/mol. The molecule has 3 atom stereocenters. The van der Waals surface area contributed by atoms with Gasteiger partial charge in [-0.3, -0.25) is 9.69 Å². The van der Waals surface area contributed by atoms with Gasteiger partial charge in [-0.05, 0) is 24.6 Å². The van der Waals surface area contributed by atoms with Crippen molar-refractivity contribution in [1.29, 1.82) is 0 Å². The number of benzene rings is 1. The molecule has 138 valence electrons. The maximum Gasteiger partial charge on any atom is 0.437 e. The van der Waals surface area contributed by atoms with Gasteiger partial charge in [-0.25, -0.2) is 9.18 Å². The quantitative estimate of drug-likeness (QED) is 0.635. The second kappa shape index (κ2) is 6.51. The monoisotopic (exact) mass is 364 g/mol. The van der Waals surface area contributed by atoms with Gasteiger partial charge in [-0.2, -0.15) is 13.2 Å². The number of aliphatic hydroxyl groups is 1. The molecule has 0 saturated carbocycles. The van der Waals surface area contributed by atoms with Crippen molar-refractivity contribution in [3.8, 4) is 0 Å². The van der Waals surface area contributed by atoms with Gasteiger partial charge < -0.3 is 15.2 Å². The molecule has 6 nitrogen and oxygen atoms in total. The van der Waals surface area contributed by atoms with Gasteiger partial charge >= 0.3 is 18.2 Å². The van der Waals surface area contributed by atoms with Crippen LogP contribution in [0.3, 0.4) is 0 Å². The van der Waals surface area contributed by atoms with Crippen molar-refractivity contribution in [3.05, 3.63) is 35.6 Å². The van der Waals surface area contributed by atoms with E-state index in [2.05, 4.69) is 10.1 Å². The summed E-state index contributed by atoms with van der Waals surface area (Å²) in [6.07, 6.45) is -5.34. The molecule has 1 fully saturated rings. The van der Waals surface area contributed by atoms with Gasteiger partial charge in [0.25, 0.3) is 5.72 Å². The third-order valence-corrected chi connectivity index (χ3v) is 4.05. The topological polar surface area (TPSA) is 78.9 Å². The number of ether oxygens (including phenoxy) is 1. The highest BCUT2D eigenvalue weighted by atomic mass is 19.4. The third-order valence-electron chi connectivity index (χ3n) is 4.05. The number of halogens is 4. The Labute approximate surface area is 140 Å². The minimum Gasteiger partial charge on any atom is -0.466 e. The summed E-state index contributed by atoms with van der Waals surface area (Å²) in [5.74, 6) is -4.20. The number of esters is 1. The normalized spacial score (nSPS) is 27.0. The number of nitrogens with one attached hydrogen (secondary N) is 1. The van der Waals surface area contributed by atoms with Gasteiger partial charge in [0.05, 0.1) is 12.6 Å². The van der Waals surface area contributed by atoms with Crippen LogP contribution >= 0.6 is 0 Å². The number of rotatable bonds is 3. The van der Waals surface area contributed by atoms with Gasteiger partial charge in [0.15, 0.2) is 0 Å². The molecule has 1 aliphatic heterocycles. The van der Waals surface area contributed by atoms with E-state index in [-0.39, 0.29) is 17.1 Å². The van der Waals surface area contributed by atoms with Gasteiger partial charge in [-0.1, -0.05) is 12.1 Å². The summed E-state index contributed by atoms with van der Waals surface area (Å²) in [5, 5.41) is 12.6. The zero-order valence-electron chi connectivity index (χ0n) is 13.3. The molecule has 1 aromatic rings. The molecule has 1 heterocycles. The SMILES string of the molecule is CCOC(=O)[C@H]1[C@@H](c2ccc(F)cc2)NC(=O)N(C)[C@]1(O)C(F)(F)F. The van der Waals surface area contributed by atoms with E-state index >= 15 is 0 Å². The lowest BCUT2D eigenvalue weighted by Gasteiger charge is -2.49. The Hall–Kier alpha value is -2.36. The van der Waals surface area contributed by atoms with Crippen LogP contribution in [-0.4, -0.2) is 47.6 Å². The smallest absolute Gasteiger partial charge is 0.437 e. The first kappa shape index (κ1) is 19.0. The van der Waals surface area contributed by atoms with Crippen LogP contribution < -0.4 is 5.32 Å². The first-order valence-corrected chi connectivity index (χ1v) is 7.29. The first-order valence-electron chi connectivity index (χ1n) is 7.29. The molecule has 0 aromatic heterocycles. The van der Waals surface area contributed by atoms with Gasteiger partial charge in [0, 0.05) is 7.05 Å². The highest BCUT2D eigenvalue weighted by Crippen LogP contribution is 2.46. The number of hydrogen-bond donors (Lipinski definition) is 2. The molecule has 0 spiro atoms. The Balaban J connectivity index is 2.62. The summed E-state index contributed by atoms with van der Waals surface area (Å²) in [7, 11) is 0.718. The number of carbonyl (C=O) groups excluding carboxylic acids is 2. The lowest BCUT2D eigenvalue weighted by atomic mass is 9.81. The lowest BCUT2D eigenvalue weighted by molar-refractivity contribution is -0.328. The van der Waals surface area contributed by atoms with Crippen molar-refractivity contribution in [3.63, 3.8) is 0 Å². The fraction of sp³-hybridized carbons (Fsp3) is 0.467. The van der Waals surface area contributed by atoms with Crippen LogP contribution in [0.1, 0.15) is 18.5 Å². The average molecular weight is 364 g/mol. The van der Waals surface area contributed by atoms with E-state index in [0.717, 1.165) is 31.3 Å². The largest absolute Gasteiger partial charge is 0.466 e. The molecule has 0 bridgehead atoms. The molecular formula is C15H16F4N2O4. The molecule has 1 aliphatic rings. The number of hydrogen-bond acceptors (Lipinski definition) is 4.